The van der Waals surface area contributed by atoms with Crippen molar-refractivity contribution < 1.29 is 4.74 Å². The number of benzene rings is 1. The van der Waals surface area contributed by atoms with E-state index in [0.29, 0.717) is 6.04 Å². The molecule has 3 aromatic rings. The standard InChI is InChI=1S/C20H24N4O/c1-2-24-14-17(13-23-24)20-19(8-5-9-25-20)22-12-15-10-16-6-3-4-7-18(16)21-11-15/h3-4,6-7,10-11,13-14,19-20,22H,2,5,8-9,12H2,1H3/t19-,20+/m1/s1. The molecule has 25 heavy (non-hydrogen) atoms. The van der Waals surface area contributed by atoms with E-state index in [4.69, 9.17) is 4.74 Å². The number of rotatable bonds is 5. The van der Waals surface area contributed by atoms with Gasteiger partial charge in [-0.2, -0.15) is 5.10 Å². The number of fused-ring (bicyclic) bond motifs is 1. The third-order valence-corrected chi connectivity index (χ3v) is 4.84. The molecule has 1 N–H and O–H groups in total. The second kappa shape index (κ2) is 7.33. The summed E-state index contributed by atoms with van der Waals surface area (Å²) in [5.41, 5.74) is 3.40. The number of pyridine rings is 1. The number of hydrogen-bond donors (Lipinski definition) is 1. The normalized spacial score (nSPS) is 20.8. The Kier molecular flexibility index (Phi) is 4.76. The fraction of sp³-hybridized carbons (Fsp3) is 0.400. The van der Waals surface area contributed by atoms with Crippen molar-refractivity contribution in [2.75, 3.05) is 6.61 Å². The lowest BCUT2D eigenvalue weighted by Crippen LogP contribution is -2.39. The lowest BCUT2D eigenvalue weighted by molar-refractivity contribution is -0.0112. The van der Waals surface area contributed by atoms with E-state index in [1.165, 1.54) is 10.9 Å². The van der Waals surface area contributed by atoms with Gasteiger partial charge in [-0.1, -0.05) is 18.2 Å². The average molecular weight is 336 g/mol. The first kappa shape index (κ1) is 16.2. The van der Waals surface area contributed by atoms with E-state index >= 15 is 0 Å². The van der Waals surface area contributed by atoms with Gasteiger partial charge in [0.05, 0.1) is 11.7 Å². The maximum atomic E-state index is 6.06. The summed E-state index contributed by atoms with van der Waals surface area (Å²) in [6, 6.07) is 10.7. The van der Waals surface area contributed by atoms with Crippen LogP contribution in [0.5, 0.6) is 0 Å². The van der Waals surface area contributed by atoms with Crippen LogP contribution < -0.4 is 5.32 Å². The van der Waals surface area contributed by atoms with Gasteiger partial charge in [0.1, 0.15) is 6.10 Å². The van der Waals surface area contributed by atoms with Gasteiger partial charge in [-0.15, -0.1) is 0 Å². The zero-order valence-corrected chi connectivity index (χ0v) is 14.6. The quantitative estimate of drug-likeness (QED) is 0.775. The molecule has 5 heteroatoms. The third-order valence-electron chi connectivity index (χ3n) is 4.84. The summed E-state index contributed by atoms with van der Waals surface area (Å²) in [6.07, 6.45) is 8.27. The monoisotopic (exact) mass is 336 g/mol. The van der Waals surface area contributed by atoms with Crippen LogP contribution in [0.15, 0.2) is 48.9 Å². The largest absolute Gasteiger partial charge is 0.372 e. The molecule has 3 heterocycles. The van der Waals surface area contributed by atoms with E-state index in [0.717, 1.165) is 43.6 Å². The molecule has 1 aromatic carbocycles. The highest BCUT2D eigenvalue weighted by atomic mass is 16.5. The van der Waals surface area contributed by atoms with Crippen molar-refractivity contribution in [1.29, 1.82) is 0 Å². The summed E-state index contributed by atoms with van der Waals surface area (Å²) in [7, 11) is 0. The summed E-state index contributed by atoms with van der Waals surface area (Å²) >= 11 is 0. The smallest absolute Gasteiger partial charge is 0.101 e. The first-order valence-corrected chi connectivity index (χ1v) is 9.04. The predicted molar refractivity (Wildman–Crippen MR) is 98.2 cm³/mol. The van der Waals surface area contributed by atoms with Crippen LogP contribution in [0.25, 0.3) is 10.9 Å². The molecule has 2 atom stereocenters. The van der Waals surface area contributed by atoms with Crippen LogP contribution in [0.3, 0.4) is 0 Å². The fourth-order valence-electron chi connectivity index (χ4n) is 3.48. The van der Waals surface area contributed by atoms with Gasteiger partial charge in [-0.25, -0.2) is 0 Å². The fourth-order valence-corrected chi connectivity index (χ4v) is 3.48. The van der Waals surface area contributed by atoms with Gasteiger partial charge in [0.25, 0.3) is 0 Å². The van der Waals surface area contributed by atoms with Gasteiger partial charge in [-0.05, 0) is 37.5 Å². The SMILES string of the molecule is CCn1cc([C@@H]2OCCC[C@H]2NCc2cnc3ccccc3c2)cn1. The predicted octanol–water partition coefficient (Wildman–Crippen LogP) is 3.46. The number of nitrogens with zero attached hydrogens (tertiary/aromatic N) is 3. The maximum Gasteiger partial charge on any atom is 0.101 e. The summed E-state index contributed by atoms with van der Waals surface area (Å²) in [5, 5.41) is 9.25. The zero-order valence-electron chi connectivity index (χ0n) is 14.6. The molecule has 0 unspecified atom stereocenters. The Balaban J connectivity index is 1.47. The number of para-hydroxylation sites is 1. The molecule has 0 bridgehead atoms. The van der Waals surface area contributed by atoms with Crippen molar-refractivity contribution in [3.8, 4) is 0 Å². The molecule has 0 radical (unpaired) electrons. The van der Waals surface area contributed by atoms with Gasteiger partial charge < -0.3 is 10.1 Å². The minimum absolute atomic E-state index is 0.0717. The molecule has 0 aliphatic carbocycles. The number of ether oxygens (including phenoxy) is 1. The van der Waals surface area contributed by atoms with Gasteiger partial charge >= 0.3 is 0 Å². The van der Waals surface area contributed by atoms with Crippen LogP contribution in [-0.4, -0.2) is 27.4 Å². The maximum absolute atomic E-state index is 6.06. The molecule has 1 saturated heterocycles. The Morgan fingerprint density at radius 1 is 1.28 bits per heavy atom. The number of aryl methyl sites for hydroxylation is 1. The molecule has 1 fully saturated rings. The number of aromatic nitrogens is 3. The molecule has 130 valence electrons. The number of nitrogens with one attached hydrogen (secondary N) is 1. The summed E-state index contributed by atoms with van der Waals surface area (Å²) in [6.45, 7) is 4.59. The van der Waals surface area contributed by atoms with Crippen molar-refractivity contribution in [1.82, 2.24) is 20.1 Å². The van der Waals surface area contributed by atoms with Crippen molar-refractivity contribution in [2.24, 2.45) is 0 Å². The van der Waals surface area contributed by atoms with Crippen LogP contribution in [0.2, 0.25) is 0 Å². The van der Waals surface area contributed by atoms with Crippen molar-refractivity contribution >= 4 is 10.9 Å². The second-order valence-electron chi connectivity index (χ2n) is 6.59. The Labute approximate surface area is 148 Å². The van der Waals surface area contributed by atoms with E-state index in [9.17, 15) is 0 Å². The minimum atomic E-state index is 0.0717. The highest BCUT2D eigenvalue weighted by molar-refractivity contribution is 5.78. The summed E-state index contributed by atoms with van der Waals surface area (Å²) < 4.78 is 8.02. The first-order chi connectivity index (χ1) is 12.3. The molecule has 0 saturated carbocycles. The van der Waals surface area contributed by atoms with Crippen LogP contribution in [0.4, 0.5) is 0 Å². The van der Waals surface area contributed by atoms with Gasteiger partial charge in [-0.3, -0.25) is 9.67 Å². The van der Waals surface area contributed by atoms with Gasteiger partial charge in [0.2, 0.25) is 0 Å². The van der Waals surface area contributed by atoms with Crippen LogP contribution in [0, 0.1) is 0 Å². The van der Waals surface area contributed by atoms with Crippen molar-refractivity contribution in [2.45, 2.75) is 45.0 Å². The Hall–Kier alpha value is -2.24. The van der Waals surface area contributed by atoms with E-state index < -0.39 is 0 Å². The zero-order chi connectivity index (χ0) is 17.1. The van der Waals surface area contributed by atoms with Crippen molar-refractivity contribution in [3.05, 3.63) is 60.0 Å². The molecule has 0 amide bonds. The van der Waals surface area contributed by atoms with Crippen LogP contribution in [-0.2, 0) is 17.8 Å². The Morgan fingerprint density at radius 3 is 3.08 bits per heavy atom. The topological polar surface area (TPSA) is 52.0 Å². The minimum Gasteiger partial charge on any atom is -0.372 e. The molecule has 5 nitrogen and oxygen atoms in total. The Morgan fingerprint density at radius 2 is 2.20 bits per heavy atom. The van der Waals surface area contributed by atoms with E-state index in [1.54, 1.807) is 0 Å². The van der Waals surface area contributed by atoms with Crippen LogP contribution in [0.1, 0.15) is 37.0 Å². The first-order valence-electron chi connectivity index (χ1n) is 9.04. The van der Waals surface area contributed by atoms with Crippen molar-refractivity contribution in [3.63, 3.8) is 0 Å². The van der Waals surface area contributed by atoms with E-state index in [2.05, 4.69) is 46.7 Å². The Bertz CT molecular complexity index is 844. The average Bonchev–Trinajstić information content (AvgIpc) is 3.15. The highest BCUT2D eigenvalue weighted by Crippen LogP contribution is 2.28. The summed E-state index contributed by atoms with van der Waals surface area (Å²) in [4.78, 5) is 4.55. The van der Waals surface area contributed by atoms with E-state index in [-0.39, 0.29) is 6.10 Å². The molecule has 4 rings (SSSR count). The molecule has 0 spiro atoms. The van der Waals surface area contributed by atoms with E-state index in [1.807, 2.05) is 29.2 Å². The molecule has 2 aromatic heterocycles. The third kappa shape index (κ3) is 3.57. The molecule has 1 aliphatic heterocycles. The highest BCUT2D eigenvalue weighted by Gasteiger charge is 2.28. The lowest BCUT2D eigenvalue weighted by Gasteiger charge is -2.32. The molecular formula is C20H24N4O. The lowest BCUT2D eigenvalue weighted by atomic mass is 9.98. The molecular weight excluding hydrogens is 312 g/mol. The molecule has 1 aliphatic rings. The van der Waals surface area contributed by atoms with Crippen LogP contribution >= 0.6 is 0 Å². The number of hydrogen-bond acceptors (Lipinski definition) is 4. The summed E-state index contributed by atoms with van der Waals surface area (Å²) in [5.74, 6) is 0. The van der Waals surface area contributed by atoms with Gasteiger partial charge in [0.15, 0.2) is 0 Å². The van der Waals surface area contributed by atoms with Gasteiger partial charge in [0, 0.05) is 49.1 Å². The second-order valence-corrected chi connectivity index (χ2v) is 6.59.